The van der Waals surface area contributed by atoms with Crippen LogP contribution in [-0.2, 0) is 6.42 Å². The van der Waals surface area contributed by atoms with Gasteiger partial charge in [-0.2, -0.15) is 0 Å². The first kappa shape index (κ1) is 34.4. The number of aromatic nitrogens is 2. The summed E-state index contributed by atoms with van der Waals surface area (Å²) in [5.74, 6) is 0. The minimum atomic E-state index is 0.768. The van der Waals surface area contributed by atoms with Crippen LogP contribution in [0.4, 0.5) is 0 Å². The minimum absolute atomic E-state index is 0.768. The Hall–Kier alpha value is -6.69. The van der Waals surface area contributed by atoms with Crippen LogP contribution >= 0.6 is 22.9 Å². The second-order valence-electron chi connectivity index (χ2n) is 15.9. The molecule has 2 nitrogen and oxygen atoms in total. The number of para-hydroxylation sites is 1. The van der Waals surface area contributed by atoms with Crippen LogP contribution in [0.1, 0.15) is 11.1 Å². The van der Waals surface area contributed by atoms with Crippen LogP contribution in [-0.4, -0.2) is 7.35 Å². The Balaban J connectivity index is 1.14. The highest BCUT2D eigenvalue weighted by atomic mass is 127. The Labute approximate surface area is 354 Å². The summed E-state index contributed by atoms with van der Waals surface area (Å²) >= 11 is 2.50. The molecular weight excluding hydrogens is 828 g/mol. The van der Waals surface area contributed by atoms with Crippen molar-refractivity contribution in [2.75, 3.05) is 0 Å². The van der Waals surface area contributed by atoms with Crippen molar-refractivity contribution in [1.29, 1.82) is 0 Å². The first-order valence-electron chi connectivity index (χ1n) is 20.3. The van der Waals surface area contributed by atoms with Gasteiger partial charge in [0.15, 0.2) is 0 Å². The van der Waals surface area contributed by atoms with Crippen LogP contribution in [0, 0.1) is 6.92 Å². The molecule has 12 rings (SSSR count). The molecule has 3 heteroatoms. The van der Waals surface area contributed by atoms with Gasteiger partial charge in [-0.05, 0) is 114 Å². The van der Waals surface area contributed by atoms with Crippen molar-refractivity contribution in [2.45, 2.75) is 13.3 Å². The molecule has 10 aromatic carbocycles. The number of benzene rings is 10. The average molecular weight is 865 g/mol. The predicted molar refractivity (Wildman–Crippen MR) is 264 cm³/mol. The second kappa shape index (κ2) is 13.2. The van der Waals surface area contributed by atoms with E-state index < -0.39 is 0 Å². The highest BCUT2D eigenvalue weighted by Gasteiger charge is 2.18. The molecule has 0 saturated heterocycles. The maximum absolute atomic E-state index is 4.22. The smallest absolute Gasteiger partial charge is 0.0675 e. The van der Waals surface area contributed by atoms with E-state index in [1.54, 1.807) is 0 Å². The van der Waals surface area contributed by atoms with Crippen LogP contribution in [0.5, 0.6) is 0 Å². The lowest BCUT2D eigenvalue weighted by molar-refractivity contribution is 1.06. The van der Waals surface area contributed by atoms with Gasteiger partial charge in [-0.15, -0.1) is 0 Å². The summed E-state index contributed by atoms with van der Waals surface area (Å²) in [4.78, 5) is 0. The first-order valence-corrected chi connectivity index (χ1v) is 21.3. The van der Waals surface area contributed by atoms with Gasteiger partial charge in [-0.1, -0.05) is 158 Å². The summed E-state index contributed by atoms with van der Waals surface area (Å²) in [6.07, 6.45) is 7.34. The molecule has 0 atom stereocenters. The fraction of sp³-hybridized carbons (Fsp3) is 0.0357. The zero-order valence-electron chi connectivity index (χ0n) is 32.5. The Morgan fingerprint density at radius 2 is 1.05 bits per heavy atom. The van der Waals surface area contributed by atoms with Crippen LogP contribution < -0.4 is 10.6 Å². The Bertz CT molecular complexity index is 3920. The highest BCUT2D eigenvalue weighted by Crippen LogP contribution is 2.43. The standard InChI is InChI=1S/C56H37IN2/c1-3-13-43-51-32-49-40-19-6-4-16-37(40)38-17-5-7-20-41(38)50(49)33-54(51)58(36-15-12-14-34(2)30-36)52(43)29-25-35-24-26-42-39-18-8-9-22-45(39)55-46(48(42)31-35)27-28-47-44-21-10-11-23-53(44)59(57)56(47)55/h3-24,26-33H,1,25H2,2H3/b43-13-,52-29+. The summed E-state index contributed by atoms with van der Waals surface area (Å²) in [6, 6.07) is 60.9. The van der Waals surface area contributed by atoms with Crippen molar-refractivity contribution in [2.24, 2.45) is 0 Å². The van der Waals surface area contributed by atoms with Gasteiger partial charge in [0.05, 0.1) is 44.8 Å². The van der Waals surface area contributed by atoms with E-state index in [0.29, 0.717) is 0 Å². The molecule has 2 aromatic heterocycles. The summed E-state index contributed by atoms with van der Waals surface area (Å²) in [5, 5.41) is 21.6. The second-order valence-corrected chi connectivity index (χ2v) is 16.9. The van der Waals surface area contributed by atoms with Crippen molar-refractivity contribution in [3.05, 3.63) is 198 Å². The molecule has 0 radical (unpaired) electrons. The molecule has 0 bridgehead atoms. The zero-order chi connectivity index (χ0) is 39.4. The molecule has 12 aromatic rings. The van der Waals surface area contributed by atoms with E-state index in [1.807, 2.05) is 6.08 Å². The number of rotatable bonds is 4. The minimum Gasteiger partial charge on any atom is -0.310 e. The van der Waals surface area contributed by atoms with Crippen LogP contribution in [0.15, 0.2) is 176 Å². The number of halogens is 1. The van der Waals surface area contributed by atoms with Gasteiger partial charge in [0.2, 0.25) is 0 Å². The Kier molecular flexibility index (Phi) is 7.67. The SMILES string of the molecule is C=C/C=c1\c(=C/Cc2ccc3c4ccccc4c4c(ccc5c6ccccc6n(I)c54)c3c2)n(-c2cccc(C)c2)c2cc3c4ccccc4c4ccccc4c3cc12. The lowest BCUT2D eigenvalue weighted by atomic mass is 9.91. The van der Waals surface area contributed by atoms with E-state index >= 15 is 0 Å². The third kappa shape index (κ3) is 5.04. The van der Waals surface area contributed by atoms with Crippen LogP contribution in [0.3, 0.4) is 0 Å². The first-order chi connectivity index (χ1) is 29.1. The molecular formula is C56H37IN2. The number of aryl methyl sites for hydroxylation is 1. The lowest BCUT2D eigenvalue weighted by Gasteiger charge is -2.13. The molecule has 278 valence electrons. The molecule has 59 heavy (non-hydrogen) atoms. The van der Waals surface area contributed by atoms with E-state index in [9.17, 15) is 0 Å². The molecule has 0 spiro atoms. The van der Waals surface area contributed by atoms with Crippen molar-refractivity contribution >= 4 is 132 Å². The van der Waals surface area contributed by atoms with Gasteiger partial charge in [-0.25, -0.2) is 0 Å². The third-order valence-electron chi connectivity index (χ3n) is 12.6. The topological polar surface area (TPSA) is 9.86 Å². The zero-order valence-corrected chi connectivity index (χ0v) is 34.7. The van der Waals surface area contributed by atoms with E-state index in [-0.39, 0.29) is 0 Å². The number of allylic oxidation sites excluding steroid dienone is 1. The molecule has 0 saturated carbocycles. The predicted octanol–water partition coefficient (Wildman–Crippen LogP) is 14.2. The van der Waals surface area contributed by atoms with Gasteiger partial charge >= 0.3 is 0 Å². The number of hydrogen-bond donors (Lipinski definition) is 0. The molecule has 2 heterocycles. The van der Waals surface area contributed by atoms with Gasteiger partial charge in [0, 0.05) is 32.5 Å². The van der Waals surface area contributed by atoms with Crippen molar-refractivity contribution in [3.63, 3.8) is 0 Å². The summed E-state index contributed by atoms with van der Waals surface area (Å²) in [6.45, 7) is 6.40. The molecule has 0 N–H and O–H groups in total. The molecule has 0 aliphatic carbocycles. The summed E-state index contributed by atoms with van der Waals surface area (Å²) < 4.78 is 4.83. The molecule has 0 aliphatic rings. The lowest BCUT2D eigenvalue weighted by Crippen LogP contribution is -2.28. The molecule has 0 unspecified atom stereocenters. The summed E-state index contributed by atoms with van der Waals surface area (Å²) in [7, 11) is 0. The molecule has 0 amide bonds. The van der Waals surface area contributed by atoms with Gasteiger partial charge in [-0.3, -0.25) is 2.78 Å². The van der Waals surface area contributed by atoms with E-state index in [2.05, 4.69) is 220 Å². The van der Waals surface area contributed by atoms with Gasteiger partial charge in [0.25, 0.3) is 0 Å². The summed E-state index contributed by atoms with van der Waals surface area (Å²) in [5.41, 5.74) is 7.38. The molecule has 0 aliphatic heterocycles. The van der Waals surface area contributed by atoms with Gasteiger partial charge in [0.1, 0.15) is 0 Å². The van der Waals surface area contributed by atoms with E-state index in [4.69, 9.17) is 0 Å². The largest absolute Gasteiger partial charge is 0.310 e. The Morgan fingerprint density at radius 1 is 0.492 bits per heavy atom. The maximum Gasteiger partial charge on any atom is 0.0675 e. The van der Waals surface area contributed by atoms with Crippen LogP contribution in [0.25, 0.3) is 115 Å². The Morgan fingerprint density at radius 3 is 1.76 bits per heavy atom. The monoisotopic (exact) mass is 864 g/mol. The normalized spacial score (nSPS) is 12.9. The fourth-order valence-electron chi connectivity index (χ4n) is 10.1. The van der Waals surface area contributed by atoms with Gasteiger partial charge < -0.3 is 4.57 Å². The number of nitrogens with zero attached hydrogens (tertiary/aromatic N) is 2. The third-order valence-corrected chi connectivity index (χ3v) is 13.6. The number of fused-ring (bicyclic) bond motifs is 17. The quantitative estimate of drug-likeness (QED) is 0.123. The fourth-order valence-corrected chi connectivity index (χ4v) is 11.0. The van der Waals surface area contributed by atoms with Crippen LogP contribution in [0.2, 0.25) is 0 Å². The van der Waals surface area contributed by atoms with E-state index in [0.717, 1.165) is 12.1 Å². The van der Waals surface area contributed by atoms with Crippen molar-refractivity contribution in [3.8, 4) is 5.69 Å². The maximum atomic E-state index is 4.22. The van der Waals surface area contributed by atoms with Crippen molar-refractivity contribution in [1.82, 2.24) is 7.35 Å². The average Bonchev–Trinajstić information content (AvgIpc) is 3.75. The number of hydrogen-bond acceptors (Lipinski definition) is 0. The highest BCUT2D eigenvalue weighted by molar-refractivity contribution is 14.1. The van der Waals surface area contributed by atoms with E-state index in [1.165, 1.54) is 119 Å². The van der Waals surface area contributed by atoms with Crippen molar-refractivity contribution < 1.29 is 0 Å². The molecule has 0 fully saturated rings.